The number of carbonyl (C=O) groups is 1. The highest BCUT2D eigenvalue weighted by atomic mass is 32.2. The van der Waals surface area contributed by atoms with Crippen molar-refractivity contribution in [1.29, 1.82) is 0 Å². The second-order valence-electron chi connectivity index (χ2n) is 6.29. The van der Waals surface area contributed by atoms with Crippen LogP contribution in [0.4, 0.5) is 5.69 Å². The lowest BCUT2D eigenvalue weighted by molar-refractivity contribution is -0.115. The van der Waals surface area contributed by atoms with E-state index in [-0.39, 0.29) is 5.91 Å². The number of para-hydroxylation sites is 3. The molecule has 0 aliphatic carbocycles. The molecule has 0 fully saturated rings. The van der Waals surface area contributed by atoms with Gasteiger partial charge in [-0.2, -0.15) is 4.68 Å². The molecule has 0 saturated carbocycles. The number of aryl methyl sites for hydroxylation is 2. The number of thioether (sulfide) groups is 1. The highest BCUT2D eigenvalue weighted by Gasteiger charge is 2.21. The van der Waals surface area contributed by atoms with Crippen molar-refractivity contribution in [2.24, 2.45) is 0 Å². The van der Waals surface area contributed by atoms with Crippen LogP contribution in [0.5, 0.6) is 5.75 Å². The van der Waals surface area contributed by atoms with Gasteiger partial charge in [-0.05, 0) is 61.4 Å². The van der Waals surface area contributed by atoms with Crippen LogP contribution in [0.3, 0.4) is 0 Å². The number of anilines is 1. The summed E-state index contributed by atoms with van der Waals surface area (Å²) in [6.45, 7) is 8.29. The van der Waals surface area contributed by atoms with Gasteiger partial charge in [0, 0.05) is 0 Å². The maximum atomic E-state index is 12.7. The van der Waals surface area contributed by atoms with E-state index in [4.69, 9.17) is 4.74 Å². The van der Waals surface area contributed by atoms with Gasteiger partial charge in [0.05, 0.1) is 23.2 Å². The van der Waals surface area contributed by atoms with E-state index >= 15 is 0 Å². The first-order valence-corrected chi connectivity index (χ1v) is 9.93. The summed E-state index contributed by atoms with van der Waals surface area (Å²) in [7, 11) is 0. The number of aromatic nitrogens is 4. The fourth-order valence-electron chi connectivity index (χ4n) is 2.83. The molecule has 3 aromatic rings. The van der Waals surface area contributed by atoms with E-state index in [1.54, 1.807) is 4.68 Å². The molecule has 1 aromatic heterocycles. The van der Waals surface area contributed by atoms with Crippen LogP contribution in [0.25, 0.3) is 5.69 Å². The molecule has 0 bridgehead atoms. The number of ether oxygens (including phenoxy) is 1. The average molecular weight is 398 g/mol. The molecule has 1 unspecified atom stereocenters. The average Bonchev–Trinajstić information content (AvgIpc) is 3.11. The minimum Gasteiger partial charge on any atom is -0.492 e. The second kappa shape index (κ2) is 8.88. The largest absolute Gasteiger partial charge is 0.492 e. The molecule has 0 aliphatic rings. The van der Waals surface area contributed by atoms with Gasteiger partial charge < -0.3 is 10.1 Å². The molecular formula is C20H23N5O2S. The van der Waals surface area contributed by atoms with Gasteiger partial charge in [-0.3, -0.25) is 4.79 Å². The van der Waals surface area contributed by atoms with E-state index in [2.05, 4.69) is 20.8 Å². The number of nitrogens with one attached hydrogen (secondary N) is 1. The highest BCUT2D eigenvalue weighted by Crippen LogP contribution is 2.28. The molecular weight excluding hydrogens is 374 g/mol. The van der Waals surface area contributed by atoms with Crippen molar-refractivity contribution in [3.05, 3.63) is 53.6 Å². The van der Waals surface area contributed by atoms with Gasteiger partial charge in [-0.1, -0.05) is 42.1 Å². The Labute approximate surface area is 168 Å². The number of amides is 1. The molecule has 0 spiro atoms. The fourth-order valence-corrected chi connectivity index (χ4v) is 3.62. The molecule has 146 valence electrons. The molecule has 0 saturated heterocycles. The summed E-state index contributed by atoms with van der Waals surface area (Å²) >= 11 is 1.31. The van der Waals surface area contributed by atoms with E-state index in [9.17, 15) is 4.79 Å². The van der Waals surface area contributed by atoms with Gasteiger partial charge in [-0.25, -0.2) is 0 Å². The zero-order chi connectivity index (χ0) is 20.1. The monoisotopic (exact) mass is 397 g/mol. The molecule has 28 heavy (non-hydrogen) atoms. The molecule has 0 aliphatic heterocycles. The predicted molar refractivity (Wildman–Crippen MR) is 110 cm³/mol. The van der Waals surface area contributed by atoms with Crippen LogP contribution >= 0.6 is 11.8 Å². The first-order chi connectivity index (χ1) is 13.5. The Morgan fingerprint density at radius 1 is 1.18 bits per heavy atom. The van der Waals surface area contributed by atoms with Gasteiger partial charge >= 0.3 is 0 Å². The molecule has 1 N–H and O–H groups in total. The zero-order valence-electron chi connectivity index (χ0n) is 16.3. The first-order valence-electron chi connectivity index (χ1n) is 9.05. The summed E-state index contributed by atoms with van der Waals surface area (Å²) in [5.41, 5.74) is 3.72. The van der Waals surface area contributed by atoms with Gasteiger partial charge in [0.15, 0.2) is 0 Å². The molecule has 7 nitrogen and oxygen atoms in total. The Morgan fingerprint density at radius 2 is 1.89 bits per heavy atom. The van der Waals surface area contributed by atoms with Crippen molar-refractivity contribution < 1.29 is 9.53 Å². The normalized spacial score (nSPS) is 11.9. The van der Waals surface area contributed by atoms with Crippen molar-refractivity contribution >= 4 is 23.4 Å². The summed E-state index contributed by atoms with van der Waals surface area (Å²) in [5.74, 6) is 0.504. The Morgan fingerprint density at radius 3 is 2.61 bits per heavy atom. The molecule has 3 rings (SSSR count). The van der Waals surface area contributed by atoms with Crippen LogP contribution in [0.2, 0.25) is 0 Å². The number of nitrogens with zero attached hydrogens (tertiary/aromatic N) is 4. The van der Waals surface area contributed by atoms with Crippen LogP contribution < -0.4 is 10.1 Å². The highest BCUT2D eigenvalue weighted by molar-refractivity contribution is 8.00. The Bertz CT molecular complexity index is 952. The number of tetrazole rings is 1. The summed E-state index contributed by atoms with van der Waals surface area (Å²) in [4.78, 5) is 12.7. The number of rotatable bonds is 7. The first kappa shape index (κ1) is 19.9. The van der Waals surface area contributed by atoms with E-state index < -0.39 is 5.25 Å². The smallest absolute Gasteiger partial charge is 0.237 e. The molecule has 2 aromatic carbocycles. The Balaban J connectivity index is 1.77. The van der Waals surface area contributed by atoms with E-state index in [0.29, 0.717) is 23.2 Å². The van der Waals surface area contributed by atoms with Gasteiger partial charge in [0.2, 0.25) is 11.1 Å². The number of hydrogen-bond acceptors (Lipinski definition) is 6. The lowest BCUT2D eigenvalue weighted by Gasteiger charge is -2.15. The lowest BCUT2D eigenvalue weighted by Crippen LogP contribution is -2.23. The maximum Gasteiger partial charge on any atom is 0.237 e. The minimum absolute atomic E-state index is 0.145. The van der Waals surface area contributed by atoms with Gasteiger partial charge in [0.25, 0.3) is 0 Å². The SMILES string of the molecule is CCOc1ccccc1NC(=O)C(C)Sc1nnnn1-c1c(C)cccc1C. The third kappa shape index (κ3) is 4.33. The van der Waals surface area contributed by atoms with Gasteiger partial charge in [-0.15, -0.1) is 5.10 Å². The summed E-state index contributed by atoms with van der Waals surface area (Å²) in [5, 5.41) is 15.1. The summed E-state index contributed by atoms with van der Waals surface area (Å²) < 4.78 is 7.26. The van der Waals surface area contributed by atoms with Crippen LogP contribution in [-0.2, 0) is 4.79 Å². The van der Waals surface area contributed by atoms with E-state index in [0.717, 1.165) is 16.8 Å². The number of hydrogen-bond donors (Lipinski definition) is 1. The van der Waals surface area contributed by atoms with Crippen LogP contribution in [-0.4, -0.2) is 38.0 Å². The van der Waals surface area contributed by atoms with Crippen LogP contribution in [0.1, 0.15) is 25.0 Å². The Hall–Kier alpha value is -2.87. The molecule has 1 amide bonds. The van der Waals surface area contributed by atoms with Crippen molar-refractivity contribution in [1.82, 2.24) is 20.2 Å². The standard InChI is InChI=1S/C20H23N5O2S/c1-5-27-17-12-7-6-11-16(17)21-19(26)15(4)28-20-22-23-24-25(20)18-13(2)9-8-10-14(18)3/h6-12,15H,5H2,1-4H3,(H,21,26). The quantitative estimate of drug-likeness (QED) is 0.611. The molecule has 8 heteroatoms. The fraction of sp³-hybridized carbons (Fsp3) is 0.300. The molecule has 0 radical (unpaired) electrons. The van der Waals surface area contributed by atoms with E-state index in [1.807, 2.05) is 70.2 Å². The van der Waals surface area contributed by atoms with Crippen LogP contribution in [0.15, 0.2) is 47.6 Å². The van der Waals surface area contributed by atoms with Crippen molar-refractivity contribution in [3.8, 4) is 11.4 Å². The minimum atomic E-state index is -0.399. The number of benzene rings is 2. The van der Waals surface area contributed by atoms with Crippen molar-refractivity contribution in [3.63, 3.8) is 0 Å². The topological polar surface area (TPSA) is 81.9 Å². The lowest BCUT2D eigenvalue weighted by atomic mass is 10.1. The number of carbonyl (C=O) groups excluding carboxylic acids is 1. The molecule has 1 atom stereocenters. The van der Waals surface area contributed by atoms with Crippen molar-refractivity contribution in [2.75, 3.05) is 11.9 Å². The maximum absolute atomic E-state index is 12.7. The van der Waals surface area contributed by atoms with Crippen molar-refractivity contribution in [2.45, 2.75) is 38.1 Å². The van der Waals surface area contributed by atoms with Gasteiger partial charge in [0.1, 0.15) is 5.75 Å². The van der Waals surface area contributed by atoms with Crippen LogP contribution in [0, 0.1) is 13.8 Å². The summed E-state index contributed by atoms with van der Waals surface area (Å²) in [6, 6.07) is 13.4. The third-order valence-electron chi connectivity index (χ3n) is 4.19. The predicted octanol–water partition coefficient (Wildman–Crippen LogP) is 3.80. The third-order valence-corrected chi connectivity index (χ3v) is 5.22. The van der Waals surface area contributed by atoms with E-state index in [1.165, 1.54) is 11.8 Å². The second-order valence-corrected chi connectivity index (χ2v) is 7.60. The Kier molecular flexibility index (Phi) is 6.30. The summed E-state index contributed by atoms with van der Waals surface area (Å²) in [6.07, 6.45) is 0. The molecule has 1 heterocycles. The zero-order valence-corrected chi connectivity index (χ0v) is 17.2.